The maximum absolute atomic E-state index is 13.3. The molecule has 1 atom stereocenters. The van der Waals surface area contributed by atoms with Crippen molar-refractivity contribution in [3.8, 4) is 5.69 Å². The molecular formula is C20H27N3O3. The second-order valence-corrected chi connectivity index (χ2v) is 6.26. The van der Waals surface area contributed by atoms with Crippen molar-refractivity contribution < 1.29 is 14.3 Å². The van der Waals surface area contributed by atoms with E-state index in [0.29, 0.717) is 12.2 Å². The summed E-state index contributed by atoms with van der Waals surface area (Å²) in [7, 11) is 1.30. The molecule has 1 unspecified atom stereocenters. The van der Waals surface area contributed by atoms with Gasteiger partial charge in [0.1, 0.15) is 5.69 Å². The van der Waals surface area contributed by atoms with Gasteiger partial charge in [-0.25, -0.2) is 9.48 Å². The van der Waals surface area contributed by atoms with Gasteiger partial charge in [-0.05, 0) is 31.9 Å². The van der Waals surface area contributed by atoms with E-state index in [1.165, 1.54) is 17.9 Å². The third kappa shape index (κ3) is 4.31. The van der Waals surface area contributed by atoms with Crippen LogP contribution in [0.2, 0.25) is 0 Å². The largest absolute Gasteiger partial charge is 0.464 e. The summed E-state index contributed by atoms with van der Waals surface area (Å²) in [6, 6.07) is 11.0. The number of carbonyl (C=O) groups excluding carboxylic acids is 2. The van der Waals surface area contributed by atoms with E-state index in [-0.39, 0.29) is 17.6 Å². The number of para-hydroxylation sites is 1. The molecule has 2 aromatic rings. The minimum atomic E-state index is -0.558. The first kappa shape index (κ1) is 19.7. The van der Waals surface area contributed by atoms with E-state index >= 15 is 0 Å². The molecule has 1 amide bonds. The Kier molecular flexibility index (Phi) is 6.95. The molecule has 6 heteroatoms. The van der Waals surface area contributed by atoms with Crippen LogP contribution in [0.5, 0.6) is 0 Å². The summed E-state index contributed by atoms with van der Waals surface area (Å²) in [6.07, 6.45) is 2.80. The van der Waals surface area contributed by atoms with Gasteiger partial charge in [0.05, 0.1) is 12.8 Å². The highest BCUT2D eigenvalue weighted by molar-refractivity contribution is 5.96. The zero-order valence-electron chi connectivity index (χ0n) is 15.9. The smallest absolute Gasteiger partial charge is 0.358 e. The lowest BCUT2D eigenvalue weighted by Gasteiger charge is -2.28. The summed E-state index contributed by atoms with van der Waals surface area (Å²) >= 11 is 0. The molecule has 0 aliphatic carbocycles. The maximum Gasteiger partial charge on any atom is 0.358 e. The summed E-state index contributed by atoms with van der Waals surface area (Å²) in [5, 5.41) is 4.31. The minimum absolute atomic E-state index is 0.106. The van der Waals surface area contributed by atoms with Crippen LogP contribution in [0.15, 0.2) is 36.4 Å². The molecule has 0 aliphatic rings. The number of hydrogen-bond donors (Lipinski definition) is 0. The monoisotopic (exact) mass is 357 g/mol. The molecule has 0 saturated carbocycles. The Morgan fingerprint density at radius 1 is 1.23 bits per heavy atom. The van der Waals surface area contributed by atoms with Crippen molar-refractivity contribution in [1.82, 2.24) is 14.7 Å². The Balaban J connectivity index is 2.49. The lowest BCUT2D eigenvalue weighted by Crippen LogP contribution is -2.40. The first-order chi connectivity index (χ1) is 12.5. The van der Waals surface area contributed by atoms with Gasteiger partial charge in [0.25, 0.3) is 5.91 Å². The topological polar surface area (TPSA) is 64.4 Å². The fourth-order valence-corrected chi connectivity index (χ4v) is 2.72. The van der Waals surface area contributed by atoms with Crippen molar-refractivity contribution in [3.05, 3.63) is 47.8 Å². The number of aromatic nitrogens is 2. The molecule has 0 radical (unpaired) electrons. The molecule has 0 fully saturated rings. The highest BCUT2D eigenvalue weighted by Gasteiger charge is 2.26. The summed E-state index contributed by atoms with van der Waals surface area (Å²) < 4.78 is 6.30. The Morgan fingerprint density at radius 2 is 1.92 bits per heavy atom. The fraction of sp³-hybridized carbons (Fsp3) is 0.450. The van der Waals surface area contributed by atoms with Crippen LogP contribution in [0.25, 0.3) is 5.69 Å². The molecular weight excluding hydrogens is 330 g/mol. The Morgan fingerprint density at radius 3 is 2.50 bits per heavy atom. The van der Waals surface area contributed by atoms with Crippen LogP contribution in [0.3, 0.4) is 0 Å². The minimum Gasteiger partial charge on any atom is -0.464 e. The van der Waals surface area contributed by atoms with Crippen LogP contribution in [-0.4, -0.2) is 46.3 Å². The van der Waals surface area contributed by atoms with Crippen molar-refractivity contribution in [2.24, 2.45) is 0 Å². The van der Waals surface area contributed by atoms with Crippen molar-refractivity contribution >= 4 is 11.9 Å². The Hall–Kier alpha value is -2.63. The summed E-state index contributed by atoms with van der Waals surface area (Å²) in [5.41, 5.74) is 1.22. The average molecular weight is 357 g/mol. The molecule has 0 saturated heterocycles. The Bertz CT molecular complexity index is 740. The van der Waals surface area contributed by atoms with Crippen LogP contribution < -0.4 is 0 Å². The molecule has 0 aliphatic heterocycles. The van der Waals surface area contributed by atoms with Crippen LogP contribution in [-0.2, 0) is 4.74 Å². The number of rotatable bonds is 8. The van der Waals surface area contributed by atoms with Gasteiger partial charge in [0.15, 0.2) is 5.69 Å². The first-order valence-electron chi connectivity index (χ1n) is 9.08. The lowest BCUT2D eigenvalue weighted by molar-refractivity contribution is 0.0593. The van der Waals surface area contributed by atoms with Crippen LogP contribution in [0.4, 0.5) is 0 Å². The van der Waals surface area contributed by atoms with Gasteiger partial charge in [-0.1, -0.05) is 38.5 Å². The molecule has 0 bridgehead atoms. The molecule has 0 spiro atoms. The van der Waals surface area contributed by atoms with E-state index in [2.05, 4.69) is 18.9 Å². The summed E-state index contributed by atoms with van der Waals surface area (Å²) in [5.74, 6) is -0.684. The predicted molar refractivity (Wildman–Crippen MR) is 101 cm³/mol. The van der Waals surface area contributed by atoms with E-state index in [4.69, 9.17) is 4.74 Å². The number of hydrogen-bond acceptors (Lipinski definition) is 4. The molecule has 1 aromatic carbocycles. The van der Waals surface area contributed by atoms with Crippen molar-refractivity contribution in [2.45, 2.75) is 46.1 Å². The normalized spacial score (nSPS) is 11.8. The maximum atomic E-state index is 13.3. The van der Waals surface area contributed by atoms with E-state index in [1.807, 2.05) is 42.2 Å². The lowest BCUT2D eigenvalue weighted by atomic mass is 10.1. The van der Waals surface area contributed by atoms with Crippen molar-refractivity contribution in [2.75, 3.05) is 13.7 Å². The second-order valence-electron chi connectivity index (χ2n) is 6.26. The van der Waals surface area contributed by atoms with Crippen LogP contribution in [0.1, 0.15) is 61.0 Å². The van der Waals surface area contributed by atoms with Crippen LogP contribution >= 0.6 is 0 Å². The van der Waals surface area contributed by atoms with Gasteiger partial charge >= 0.3 is 5.97 Å². The zero-order chi connectivity index (χ0) is 19.1. The second kappa shape index (κ2) is 9.17. The number of unbranched alkanes of at least 4 members (excludes halogenated alkanes) is 1. The number of esters is 1. The molecule has 0 N–H and O–H groups in total. The molecule has 1 aromatic heterocycles. The number of methoxy groups -OCH3 is 1. The van der Waals surface area contributed by atoms with E-state index in [9.17, 15) is 9.59 Å². The third-order valence-electron chi connectivity index (χ3n) is 4.46. The quantitative estimate of drug-likeness (QED) is 0.676. The molecule has 6 nitrogen and oxygen atoms in total. The molecule has 1 heterocycles. The molecule has 26 heavy (non-hydrogen) atoms. The Labute approximate surface area is 154 Å². The SMILES string of the molecule is CCCCN(C(=O)c1cc(C(=O)OC)nn1-c1ccccc1)C(C)CC. The summed E-state index contributed by atoms with van der Waals surface area (Å²) in [4.78, 5) is 27.1. The highest BCUT2D eigenvalue weighted by atomic mass is 16.5. The van der Waals surface area contributed by atoms with Gasteiger partial charge < -0.3 is 9.64 Å². The number of amides is 1. The standard InChI is InChI=1S/C20H27N3O3/c1-5-7-13-22(15(3)6-2)19(24)18-14-17(20(25)26-4)21-23(18)16-11-9-8-10-12-16/h8-12,14-15H,5-7,13H2,1-4H3. The van der Waals surface area contributed by atoms with Gasteiger partial charge in [0, 0.05) is 18.7 Å². The van der Waals surface area contributed by atoms with Gasteiger partial charge in [-0.3, -0.25) is 4.79 Å². The highest BCUT2D eigenvalue weighted by Crippen LogP contribution is 2.18. The molecule has 2 rings (SSSR count). The first-order valence-corrected chi connectivity index (χ1v) is 9.08. The molecule has 140 valence electrons. The number of ether oxygens (including phenoxy) is 1. The number of carbonyl (C=O) groups is 2. The number of nitrogens with zero attached hydrogens (tertiary/aromatic N) is 3. The average Bonchev–Trinajstić information content (AvgIpc) is 3.13. The summed E-state index contributed by atoms with van der Waals surface area (Å²) in [6.45, 7) is 6.88. The fourth-order valence-electron chi connectivity index (χ4n) is 2.72. The van der Waals surface area contributed by atoms with Crippen molar-refractivity contribution in [1.29, 1.82) is 0 Å². The van der Waals surface area contributed by atoms with E-state index < -0.39 is 5.97 Å². The predicted octanol–water partition coefficient (Wildman–Crippen LogP) is 3.70. The van der Waals surface area contributed by atoms with Gasteiger partial charge in [0.2, 0.25) is 0 Å². The van der Waals surface area contributed by atoms with Crippen LogP contribution in [0, 0.1) is 0 Å². The zero-order valence-corrected chi connectivity index (χ0v) is 15.9. The van der Waals surface area contributed by atoms with Crippen molar-refractivity contribution in [3.63, 3.8) is 0 Å². The van der Waals surface area contributed by atoms with Gasteiger partial charge in [-0.15, -0.1) is 0 Å². The van der Waals surface area contributed by atoms with E-state index in [0.717, 1.165) is 24.9 Å². The third-order valence-corrected chi connectivity index (χ3v) is 4.46. The number of benzene rings is 1. The van der Waals surface area contributed by atoms with Gasteiger partial charge in [-0.2, -0.15) is 5.10 Å². The van der Waals surface area contributed by atoms with E-state index in [1.54, 1.807) is 0 Å².